The van der Waals surface area contributed by atoms with Gasteiger partial charge in [0, 0.05) is 0 Å². The molecule has 15 heavy (non-hydrogen) atoms. The van der Waals surface area contributed by atoms with Gasteiger partial charge in [0.2, 0.25) is 0 Å². The number of thiol groups is 1. The van der Waals surface area contributed by atoms with E-state index in [2.05, 4.69) is 13.8 Å². The summed E-state index contributed by atoms with van der Waals surface area (Å²) < 4.78 is 24.2. The Hall–Kier alpha value is -0.0900. The quantitative estimate of drug-likeness (QED) is 0.386. The van der Waals surface area contributed by atoms with Gasteiger partial charge >= 0.3 is 0 Å². The third-order valence-electron chi connectivity index (χ3n) is 2.21. The van der Waals surface area contributed by atoms with Crippen molar-refractivity contribution >= 4 is 11.0 Å². The lowest BCUT2D eigenvalue weighted by atomic mass is 10.1. The first-order valence-electron chi connectivity index (χ1n) is 5.98. The summed E-state index contributed by atoms with van der Waals surface area (Å²) in [5.41, 5.74) is 0. The zero-order valence-corrected chi connectivity index (χ0v) is 11.0. The van der Waals surface area contributed by atoms with Crippen LogP contribution < -0.4 is 0 Å². The molecule has 0 atom stereocenters. The van der Waals surface area contributed by atoms with Crippen LogP contribution >= 0.6 is 0 Å². The topological polar surface area (TPSA) is 54.4 Å². The summed E-state index contributed by atoms with van der Waals surface area (Å²) in [6, 6.07) is 0. The Morgan fingerprint density at radius 2 is 0.933 bits per heavy atom. The molecule has 0 unspecified atom stereocenters. The molecule has 0 amide bonds. The van der Waals surface area contributed by atoms with E-state index < -0.39 is 11.0 Å². The standard InChI is InChI=1S/C11H24.H2O3S/c1-3-5-7-9-11-10-8-6-4-2;1-4(2)3/h3-11H2,1-2H3;4H,(H,1,2,3). The van der Waals surface area contributed by atoms with Crippen LogP contribution in [-0.4, -0.2) is 13.0 Å². The lowest BCUT2D eigenvalue weighted by Gasteiger charge is -1.98. The summed E-state index contributed by atoms with van der Waals surface area (Å²) >= 11 is 0. The van der Waals surface area contributed by atoms with E-state index in [9.17, 15) is 0 Å². The Balaban J connectivity index is 0. The number of rotatable bonds is 8. The smallest absolute Gasteiger partial charge is 0.254 e. The maximum Gasteiger partial charge on any atom is 0.254 e. The van der Waals surface area contributed by atoms with Gasteiger partial charge in [0.1, 0.15) is 0 Å². The van der Waals surface area contributed by atoms with E-state index in [0.29, 0.717) is 0 Å². The minimum Gasteiger partial charge on any atom is -0.288 e. The largest absolute Gasteiger partial charge is 0.288 e. The summed E-state index contributed by atoms with van der Waals surface area (Å²) in [6.45, 7) is 4.55. The molecule has 4 heteroatoms. The highest BCUT2D eigenvalue weighted by atomic mass is 32.2. The van der Waals surface area contributed by atoms with E-state index in [0.717, 1.165) is 0 Å². The van der Waals surface area contributed by atoms with Gasteiger partial charge < -0.3 is 0 Å². The molecule has 94 valence electrons. The third kappa shape index (κ3) is 31.5. The lowest BCUT2D eigenvalue weighted by molar-refractivity contribution is 0.509. The molecule has 3 nitrogen and oxygen atoms in total. The molecule has 0 spiro atoms. The van der Waals surface area contributed by atoms with E-state index >= 15 is 0 Å². The highest BCUT2D eigenvalue weighted by molar-refractivity contribution is 7.66. The van der Waals surface area contributed by atoms with Crippen molar-refractivity contribution in [3.8, 4) is 0 Å². The second kappa shape index (κ2) is 16.3. The Bertz CT molecular complexity index is 151. The van der Waals surface area contributed by atoms with Crippen LogP contribution in [0.25, 0.3) is 0 Å². The predicted octanol–water partition coefficient (Wildman–Crippen LogP) is 3.61. The first kappa shape index (κ1) is 17.3. The van der Waals surface area contributed by atoms with Crippen LogP contribution in [0, 0.1) is 0 Å². The van der Waals surface area contributed by atoms with E-state index in [-0.39, 0.29) is 0 Å². The average Bonchev–Trinajstić information content (AvgIpc) is 2.16. The SMILES string of the molecule is CCCCCCCCCCC.O=[SH](=O)O. The molecule has 0 saturated carbocycles. The van der Waals surface area contributed by atoms with Crippen LogP contribution in [0.2, 0.25) is 0 Å². The van der Waals surface area contributed by atoms with Crippen LogP contribution in [-0.2, 0) is 11.0 Å². The van der Waals surface area contributed by atoms with E-state index in [1.165, 1.54) is 57.8 Å². The zero-order chi connectivity index (χ0) is 11.9. The summed E-state index contributed by atoms with van der Waals surface area (Å²) in [4.78, 5) is 0. The van der Waals surface area contributed by atoms with Crippen LogP contribution in [0.3, 0.4) is 0 Å². The molecule has 0 aromatic heterocycles. The summed E-state index contributed by atoms with van der Waals surface area (Å²) in [7, 11) is -3.12. The molecule has 0 aliphatic heterocycles. The van der Waals surface area contributed by atoms with Crippen molar-refractivity contribution in [3.05, 3.63) is 0 Å². The van der Waals surface area contributed by atoms with Crippen LogP contribution in [0.5, 0.6) is 0 Å². The van der Waals surface area contributed by atoms with Gasteiger partial charge in [-0.2, -0.15) is 0 Å². The maximum absolute atomic E-state index is 8.59. The van der Waals surface area contributed by atoms with Crippen molar-refractivity contribution in [2.24, 2.45) is 0 Å². The summed E-state index contributed by atoms with van der Waals surface area (Å²) in [6.07, 6.45) is 13.0. The second-order valence-electron chi connectivity index (χ2n) is 3.71. The van der Waals surface area contributed by atoms with Gasteiger partial charge in [0.05, 0.1) is 0 Å². The molecule has 0 aromatic carbocycles. The lowest BCUT2D eigenvalue weighted by Crippen LogP contribution is -1.79. The minimum absolute atomic E-state index is 1.37. The number of unbranched alkanes of at least 4 members (excludes halogenated alkanes) is 8. The van der Waals surface area contributed by atoms with Crippen molar-refractivity contribution < 1.29 is 13.0 Å². The summed E-state index contributed by atoms with van der Waals surface area (Å²) in [5.74, 6) is 0. The van der Waals surface area contributed by atoms with Crippen molar-refractivity contribution in [3.63, 3.8) is 0 Å². The summed E-state index contributed by atoms with van der Waals surface area (Å²) in [5, 5.41) is 0. The fourth-order valence-electron chi connectivity index (χ4n) is 1.38. The van der Waals surface area contributed by atoms with Gasteiger partial charge in [0.25, 0.3) is 11.0 Å². The number of hydrogen-bond acceptors (Lipinski definition) is 2. The Labute approximate surface area is 96.1 Å². The first-order valence-corrected chi connectivity index (χ1v) is 7.11. The predicted molar refractivity (Wildman–Crippen MR) is 65.8 cm³/mol. The minimum atomic E-state index is -3.12. The van der Waals surface area contributed by atoms with E-state index in [4.69, 9.17) is 13.0 Å². The van der Waals surface area contributed by atoms with Gasteiger partial charge in [-0.3, -0.25) is 4.55 Å². The molecule has 0 aliphatic rings. The van der Waals surface area contributed by atoms with Crippen molar-refractivity contribution in [2.45, 2.75) is 71.6 Å². The van der Waals surface area contributed by atoms with Crippen LogP contribution in [0.15, 0.2) is 0 Å². The van der Waals surface area contributed by atoms with Gasteiger partial charge in [-0.25, -0.2) is 8.42 Å². The fourth-order valence-corrected chi connectivity index (χ4v) is 1.38. The molecule has 1 N–H and O–H groups in total. The average molecular weight is 238 g/mol. The molecular weight excluding hydrogens is 212 g/mol. The molecule has 0 aliphatic carbocycles. The first-order chi connectivity index (χ1) is 7.15. The molecule has 0 fully saturated rings. The van der Waals surface area contributed by atoms with Gasteiger partial charge in [-0.05, 0) is 0 Å². The molecule has 0 heterocycles. The monoisotopic (exact) mass is 238 g/mol. The second-order valence-corrected chi connectivity index (χ2v) is 4.19. The van der Waals surface area contributed by atoms with Crippen LogP contribution in [0.1, 0.15) is 71.6 Å². The van der Waals surface area contributed by atoms with Crippen molar-refractivity contribution in [1.29, 1.82) is 0 Å². The zero-order valence-electron chi connectivity index (χ0n) is 10.1. The normalized spacial score (nSPS) is 9.87. The third-order valence-corrected chi connectivity index (χ3v) is 2.21. The van der Waals surface area contributed by atoms with Crippen molar-refractivity contribution in [2.75, 3.05) is 0 Å². The Kier molecular flexibility index (Phi) is 18.9. The molecular formula is C11H26O3S. The molecule has 0 saturated heterocycles. The Morgan fingerprint density at radius 1 is 0.733 bits per heavy atom. The van der Waals surface area contributed by atoms with E-state index in [1.54, 1.807) is 0 Å². The van der Waals surface area contributed by atoms with E-state index in [1.807, 2.05) is 0 Å². The highest BCUT2D eigenvalue weighted by Crippen LogP contribution is 2.08. The molecule has 0 rings (SSSR count). The maximum atomic E-state index is 8.59. The van der Waals surface area contributed by atoms with Crippen LogP contribution in [0.4, 0.5) is 0 Å². The van der Waals surface area contributed by atoms with Gasteiger partial charge in [-0.15, -0.1) is 0 Å². The fraction of sp³-hybridized carbons (Fsp3) is 1.00. The van der Waals surface area contributed by atoms with Crippen molar-refractivity contribution in [1.82, 2.24) is 0 Å². The number of hydrogen-bond donors (Lipinski definition) is 2. The highest BCUT2D eigenvalue weighted by Gasteiger charge is 1.88. The van der Waals surface area contributed by atoms with Gasteiger partial charge in [-0.1, -0.05) is 71.6 Å². The molecule has 0 bridgehead atoms. The Morgan fingerprint density at radius 3 is 1.13 bits per heavy atom. The molecule has 0 radical (unpaired) electrons. The molecule has 0 aromatic rings. The van der Waals surface area contributed by atoms with Gasteiger partial charge in [0.15, 0.2) is 0 Å².